The first-order valence-electron chi connectivity index (χ1n) is 8.95. The summed E-state index contributed by atoms with van der Waals surface area (Å²) in [4.78, 5) is 37.3. The van der Waals surface area contributed by atoms with Gasteiger partial charge in [-0.05, 0) is 105 Å². The van der Waals surface area contributed by atoms with Crippen LogP contribution in [0.5, 0.6) is 5.75 Å². The van der Waals surface area contributed by atoms with Crippen LogP contribution in [0.25, 0.3) is 6.08 Å². The quantitative estimate of drug-likeness (QED) is 0.237. The summed E-state index contributed by atoms with van der Waals surface area (Å²) in [5.41, 5.74) is 1.84. The van der Waals surface area contributed by atoms with Crippen LogP contribution in [-0.2, 0) is 20.9 Å². The second kappa shape index (κ2) is 10.6. The molecule has 1 saturated heterocycles. The van der Waals surface area contributed by atoms with Crippen LogP contribution < -0.4 is 4.74 Å². The summed E-state index contributed by atoms with van der Waals surface area (Å²) in [6.07, 6.45) is 1.64. The van der Waals surface area contributed by atoms with Crippen LogP contribution in [0.3, 0.4) is 0 Å². The van der Waals surface area contributed by atoms with Gasteiger partial charge in [-0.2, -0.15) is 0 Å². The molecule has 3 rings (SSSR count). The van der Waals surface area contributed by atoms with Gasteiger partial charge in [-0.25, -0.2) is 0 Å². The molecule has 30 heavy (non-hydrogen) atoms. The second-order valence-corrected chi connectivity index (χ2v) is 9.58. The van der Waals surface area contributed by atoms with E-state index in [0.717, 1.165) is 37.1 Å². The molecule has 0 unspecified atom stereocenters. The monoisotopic (exact) mass is 649 g/mol. The van der Waals surface area contributed by atoms with E-state index in [9.17, 15) is 14.4 Å². The Hall–Kier alpha value is -1.60. The molecule has 0 saturated carbocycles. The molecule has 0 atom stereocenters. The third-order valence-corrected chi connectivity index (χ3v) is 6.50. The molecule has 0 aliphatic carbocycles. The van der Waals surface area contributed by atoms with Gasteiger partial charge in [0, 0.05) is 3.57 Å². The molecule has 0 aromatic heterocycles. The number of imide groups is 1. The number of carbonyl (C=O) groups is 3. The maximum Gasteiger partial charge on any atom is 0.326 e. The molecule has 1 aliphatic heterocycles. The van der Waals surface area contributed by atoms with Crippen molar-refractivity contribution >= 4 is 80.1 Å². The van der Waals surface area contributed by atoms with Gasteiger partial charge in [0.05, 0.1) is 15.1 Å². The molecule has 156 valence electrons. The van der Waals surface area contributed by atoms with E-state index in [4.69, 9.17) is 9.47 Å². The molecule has 2 aromatic carbocycles. The smallest absolute Gasteiger partial charge is 0.326 e. The zero-order chi connectivity index (χ0) is 21.7. The molecular weight excluding hydrogens is 632 g/mol. The number of amides is 2. The first-order chi connectivity index (χ1) is 14.4. The Bertz CT molecular complexity index is 1010. The van der Waals surface area contributed by atoms with Gasteiger partial charge in [0.1, 0.15) is 18.9 Å². The number of hydrogen-bond donors (Lipinski definition) is 0. The largest absolute Gasteiger partial charge is 0.488 e. The summed E-state index contributed by atoms with van der Waals surface area (Å²) in [5.74, 6) is -0.362. The highest BCUT2D eigenvalue weighted by atomic mass is 127. The molecule has 2 aromatic rings. The van der Waals surface area contributed by atoms with Crippen LogP contribution in [0.4, 0.5) is 4.79 Å². The van der Waals surface area contributed by atoms with E-state index in [1.165, 1.54) is 3.57 Å². The van der Waals surface area contributed by atoms with Gasteiger partial charge in [-0.1, -0.05) is 18.2 Å². The standard InChI is InChI=1S/C21H17I2NO5S/c1-2-28-19(25)11-24-20(26)18(30-21(24)27)10-14-5-8-17(16(23)9-14)29-12-13-3-6-15(22)7-4-13/h3-10H,2,11-12H2,1H3/b18-10+. The third-order valence-electron chi connectivity index (χ3n) is 4.03. The predicted octanol–water partition coefficient (Wildman–Crippen LogP) is 5.07. The molecule has 1 heterocycles. The third kappa shape index (κ3) is 5.97. The SMILES string of the molecule is CCOC(=O)CN1C(=O)S/C(=C/c2ccc(OCc3ccc(I)cc3)c(I)c2)C1=O. The van der Waals surface area contributed by atoms with E-state index in [2.05, 4.69) is 45.2 Å². The van der Waals surface area contributed by atoms with Crippen molar-refractivity contribution in [2.45, 2.75) is 13.5 Å². The summed E-state index contributed by atoms with van der Waals surface area (Å²) in [7, 11) is 0. The van der Waals surface area contributed by atoms with Gasteiger partial charge < -0.3 is 9.47 Å². The maximum atomic E-state index is 12.5. The lowest BCUT2D eigenvalue weighted by molar-refractivity contribution is -0.145. The Morgan fingerprint density at radius 2 is 1.87 bits per heavy atom. The zero-order valence-electron chi connectivity index (χ0n) is 15.9. The first-order valence-corrected chi connectivity index (χ1v) is 11.9. The average Bonchev–Trinajstić information content (AvgIpc) is 2.96. The fourth-order valence-electron chi connectivity index (χ4n) is 2.59. The van der Waals surface area contributed by atoms with Gasteiger partial charge in [-0.15, -0.1) is 0 Å². The van der Waals surface area contributed by atoms with E-state index >= 15 is 0 Å². The Kier molecular flexibility index (Phi) is 8.17. The van der Waals surface area contributed by atoms with Crippen molar-refractivity contribution in [1.82, 2.24) is 4.90 Å². The number of esters is 1. The van der Waals surface area contributed by atoms with Crippen LogP contribution >= 0.6 is 56.9 Å². The molecule has 1 aliphatic rings. The van der Waals surface area contributed by atoms with Gasteiger partial charge in [0.15, 0.2) is 0 Å². The molecule has 0 radical (unpaired) electrons. The molecule has 6 nitrogen and oxygen atoms in total. The van der Waals surface area contributed by atoms with Crippen molar-refractivity contribution in [3.05, 3.63) is 65.6 Å². The minimum atomic E-state index is -0.606. The summed E-state index contributed by atoms with van der Waals surface area (Å²) in [6, 6.07) is 13.6. The molecule has 0 spiro atoms. The van der Waals surface area contributed by atoms with Gasteiger partial charge in [0.25, 0.3) is 11.1 Å². The average molecular weight is 649 g/mol. The summed E-state index contributed by atoms with van der Waals surface area (Å²) in [5, 5.41) is -0.480. The van der Waals surface area contributed by atoms with Crippen LogP contribution in [0.15, 0.2) is 47.4 Å². The van der Waals surface area contributed by atoms with Crippen molar-refractivity contribution in [3.63, 3.8) is 0 Å². The summed E-state index contributed by atoms with van der Waals surface area (Å²) < 4.78 is 12.8. The lowest BCUT2D eigenvalue weighted by atomic mass is 10.2. The van der Waals surface area contributed by atoms with Gasteiger partial charge in [0.2, 0.25) is 0 Å². The topological polar surface area (TPSA) is 72.9 Å². The number of rotatable bonds is 7. The number of hydrogen-bond acceptors (Lipinski definition) is 6. The Balaban J connectivity index is 1.68. The maximum absolute atomic E-state index is 12.5. The lowest BCUT2D eigenvalue weighted by Crippen LogP contribution is -2.34. The molecule has 1 fully saturated rings. The second-order valence-electron chi connectivity index (χ2n) is 6.18. The molecule has 0 bridgehead atoms. The number of ether oxygens (including phenoxy) is 2. The van der Waals surface area contributed by atoms with Crippen molar-refractivity contribution in [2.24, 2.45) is 0 Å². The molecule has 9 heteroatoms. The van der Waals surface area contributed by atoms with E-state index in [0.29, 0.717) is 6.61 Å². The van der Waals surface area contributed by atoms with E-state index < -0.39 is 17.1 Å². The number of halogens is 2. The van der Waals surface area contributed by atoms with E-state index in [1.54, 1.807) is 13.0 Å². The van der Waals surface area contributed by atoms with Crippen LogP contribution in [0.2, 0.25) is 0 Å². The number of nitrogens with zero attached hydrogens (tertiary/aromatic N) is 1. The van der Waals surface area contributed by atoms with Crippen LogP contribution in [0, 0.1) is 7.14 Å². The Labute approximate surface area is 205 Å². The zero-order valence-corrected chi connectivity index (χ0v) is 21.0. The van der Waals surface area contributed by atoms with Crippen molar-refractivity contribution in [1.29, 1.82) is 0 Å². The van der Waals surface area contributed by atoms with Crippen molar-refractivity contribution < 1.29 is 23.9 Å². The highest BCUT2D eigenvalue weighted by Gasteiger charge is 2.36. The normalized spacial score (nSPS) is 15.0. The van der Waals surface area contributed by atoms with Crippen molar-refractivity contribution in [3.8, 4) is 5.75 Å². The fourth-order valence-corrected chi connectivity index (χ4v) is 4.48. The molecule has 2 amide bonds. The summed E-state index contributed by atoms with van der Waals surface area (Å²) >= 11 is 5.24. The minimum absolute atomic E-state index is 0.196. The number of benzene rings is 2. The Morgan fingerprint density at radius 1 is 1.13 bits per heavy atom. The lowest BCUT2D eigenvalue weighted by Gasteiger charge is -2.11. The molecular formula is C21H17I2NO5S. The van der Waals surface area contributed by atoms with Gasteiger partial charge >= 0.3 is 5.97 Å². The molecule has 0 N–H and O–H groups in total. The van der Waals surface area contributed by atoms with Crippen LogP contribution in [-0.4, -0.2) is 35.2 Å². The number of carbonyl (C=O) groups excluding carboxylic acids is 3. The van der Waals surface area contributed by atoms with E-state index in [-0.39, 0.29) is 18.1 Å². The fraction of sp³-hybridized carbons (Fsp3) is 0.190. The Morgan fingerprint density at radius 3 is 2.53 bits per heavy atom. The van der Waals surface area contributed by atoms with E-state index in [1.807, 2.05) is 42.5 Å². The number of thioether (sulfide) groups is 1. The highest BCUT2D eigenvalue weighted by Crippen LogP contribution is 2.33. The predicted molar refractivity (Wildman–Crippen MR) is 132 cm³/mol. The highest BCUT2D eigenvalue weighted by molar-refractivity contribution is 14.1. The first kappa shape index (κ1) is 23.1. The summed E-state index contributed by atoms with van der Waals surface area (Å²) in [6.45, 7) is 1.94. The minimum Gasteiger partial charge on any atom is -0.488 e. The van der Waals surface area contributed by atoms with Gasteiger partial charge in [-0.3, -0.25) is 19.3 Å². The van der Waals surface area contributed by atoms with Crippen molar-refractivity contribution in [2.75, 3.05) is 13.2 Å². The van der Waals surface area contributed by atoms with Crippen LogP contribution in [0.1, 0.15) is 18.1 Å².